The standard InChI is InChI=1S/C12H10Cl2O2/c1-15-9-6-11(13)10(12(14)7-9)5-8-3-2-4-16-8/h2-4,6-7H,5H2,1H3. The number of halogens is 2. The van der Waals surface area contributed by atoms with E-state index in [2.05, 4.69) is 0 Å². The van der Waals surface area contributed by atoms with Crippen LogP contribution in [0.15, 0.2) is 34.9 Å². The predicted molar refractivity (Wildman–Crippen MR) is 64.5 cm³/mol. The largest absolute Gasteiger partial charge is 0.497 e. The van der Waals surface area contributed by atoms with Gasteiger partial charge in [-0.15, -0.1) is 0 Å². The second-order valence-electron chi connectivity index (χ2n) is 3.33. The number of ether oxygens (including phenoxy) is 1. The molecule has 0 N–H and O–H groups in total. The summed E-state index contributed by atoms with van der Waals surface area (Å²) in [6, 6.07) is 7.20. The maximum absolute atomic E-state index is 6.12. The van der Waals surface area contributed by atoms with Crippen LogP contribution in [0.1, 0.15) is 11.3 Å². The van der Waals surface area contributed by atoms with Gasteiger partial charge in [0, 0.05) is 16.5 Å². The highest BCUT2D eigenvalue weighted by Gasteiger charge is 2.10. The maximum Gasteiger partial charge on any atom is 0.121 e. The summed E-state index contributed by atoms with van der Waals surface area (Å²) < 4.78 is 10.3. The molecule has 84 valence electrons. The van der Waals surface area contributed by atoms with Gasteiger partial charge in [-0.25, -0.2) is 0 Å². The molecule has 0 saturated heterocycles. The number of rotatable bonds is 3. The van der Waals surface area contributed by atoms with E-state index in [9.17, 15) is 0 Å². The molecular formula is C12H10Cl2O2. The highest BCUT2D eigenvalue weighted by molar-refractivity contribution is 6.36. The molecule has 1 aromatic carbocycles. The Bertz CT molecular complexity index is 455. The molecule has 1 aromatic heterocycles. The SMILES string of the molecule is COc1cc(Cl)c(Cc2ccco2)c(Cl)c1. The maximum atomic E-state index is 6.12. The lowest BCUT2D eigenvalue weighted by Gasteiger charge is -2.08. The molecule has 0 unspecified atom stereocenters. The van der Waals surface area contributed by atoms with E-state index in [4.69, 9.17) is 32.4 Å². The van der Waals surface area contributed by atoms with Crippen LogP contribution < -0.4 is 4.74 Å². The van der Waals surface area contributed by atoms with Gasteiger partial charge in [0.05, 0.1) is 13.4 Å². The van der Waals surface area contributed by atoms with Gasteiger partial charge in [-0.3, -0.25) is 0 Å². The average molecular weight is 257 g/mol. The van der Waals surface area contributed by atoms with Crippen LogP contribution in [-0.4, -0.2) is 7.11 Å². The number of benzene rings is 1. The molecule has 0 atom stereocenters. The first-order valence-corrected chi connectivity index (χ1v) is 5.50. The first kappa shape index (κ1) is 11.4. The molecule has 0 fully saturated rings. The predicted octanol–water partition coefficient (Wildman–Crippen LogP) is 4.19. The monoisotopic (exact) mass is 256 g/mol. The van der Waals surface area contributed by atoms with Gasteiger partial charge < -0.3 is 9.15 Å². The third kappa shape index (κ3) is 2.34. The molecule has 1 heterocycles. The molecule has 0 radical (unpaired) electrons. The molecule has 0 aliphatic rings. The smallest absolute Gasteiger partial charge is 0.121 e. The van der Waals surface area contributed by atoms with E-state index >= 15 is 0 Å². The lowest BCUT2D eigenvalue weighted by molar-refractivity contribution is 0.414. The lowest BCUT2D eigenvalue weighted by Crippen LogP contribution is -1.91. The van der Waals surface area contributed by atoms with Crippen LogP contribution in [0.4, 0.5) is 0 Å². The Labute approximate surface area is 104 Å². The van der Waals surface area contributed by atoms with Gasteiger partial charge in [-0.2, -0.15) is 0 Å². The van der Waals surface area contributed by atoms with Crippen molar-refractivity contribution >= 4 is 23.2 Å². The van der Waals surface area contributed by atoms with Gasteiger partial charge in [0.1, 0.15) is 11.5 Å². The Hall–Kier alpha value is -1.12. The summed E-state index contributed by atoms with van der Waals surface area (Å²) in [4.78, 5) is 0. The number of hydrogen-bond donors (Lipinski definition) is 0. The van der Waals surface area contributed by atoms with Gasteiger partial charge >= 0.3 is 0 Å². The van der Waals surface area contributed by atoms with E-state index in [-0.39, 0.29) is 0 Å². The molecule has 2 rings (SSSR count). The van der Waals surface area contributed by atoms with Crippen LogP contribution in [0.25, 0.3) is 0 Å². The molecule has 0 aliphatic carbocycles. The van der Waals surface area contributed by atoms with Crippen molar-refractivity contribution in [2.75, 3.05) is 7.11 Å². The van der Waals surface area contributed by atoms with Gasteiger partial charge in [-0.1, -0.05) is 23.2 Å². The van der Waals surface area contributed by atoms with Crippen molar-refractivity contribution in [1.29, 1.82) is 0 Å². The Morgan fingerprint density at radius 3 is 2.44 bits per heavy atom. The summed E-state index contributed by atoms with van der Waals surface area (Å²) in [7, 11) is 1.58. The Morgan fingerprint density at radius 2 is 1.94 bits per heavy atom. The van der Waals surface area contributed by atoms with Gasteiger partial charge in [-0.05, 0) is 29.8 Å². The van der Waals surface area contributed by atoms with E-state index in [0.29, 0.717) is 22.2 Å². The summed E-state index contributed by atoms with van der Waals surface area (Å²) in [6.07, 6.45) is 2.20. The van der Waals surface area contributed by atoms with Crippen molar-refractivity contribution in [2.45, 2.75) is 6.42 Å². The molecule has 0 saturated carbocycles. The van der Waals surface area contributed by atoms with Gasteiger partial charge in [0.2, 0.25) is 0 Å². The van der Waals surface area contributed by atoms with Crippen molar-refractivity contribution in [2.24, 2.45) is 0 Å². The first-order chi connectivity index (χ1) is 7.70. The molecule has 0 aliphatic heterocycles. The molecule has 0 amide bonds. The highest BCUT2D eigenvalue weighted by Crippen LogP contribution is 2.31. The third-order valence-corrected chi connectivity index (χ3v) is 2.96. The molecule has 16 heavy (non-hydrogen) atoms. The van der Waals surface area contributed by atoms with Crippen LogP contribution in [0.5, 0.6) is 5.75 Å². The summed E-state index contributed by atoms with van der Waals surface area (Å²) in [5, 5.41) is 1.17. The zero-order chi connectivity index (χ0) is 11.5. The van der Waals surface area contributed by atoms with Crippen molar-refractivity contribution in [1.82, 2.24) is 0 Å². The Morgan fingerprint density at radius 1 is 1.25 bits per heavy atom. The fourth-order valence-corrected chi connectivity index (χ4v) is 2.05. The van der Waals surface area contributed by atoms with Crippen LogP contribution in [0, 0.1) is 0 Å². The van der Waals surface area contributed by atoms with Crippen molar-refractivity contribution in [3.63, 3.8) is 0 Å². The van der Waals surface area contributed by atoms with E-state index in [1.165, 1.54) is 0 Å². The molecular weight excluding hydrogens is 247 g/mol. The third-order valence-electron chi connectivity index (χ3n) is 2.28. The topological polar surface area (TPSA) is 22.4 Å². The normalized spacial score (nSPS) is 10.4. The molecule has 4 heteroatoms. The number of furan rings is 1. The van der Waals surface area contributed by atoms with E-state index in [0.717, 1.165) is 11.3 Å². The zero-order valence-electron chi connectivity index (χ0n) is 8.67. The van der Waals surface area contributed by atoms with Crippen LogP contribution in [0.3, 0.4) is 0 Å². The van der Waals surface area contributed by atoms with E-state index < -0.39 is 0 Å². The Kier molecular flexibility index (Phi) is 3.42. The fraction of sp³-hybridized carbons (Fsp3) is 0.167. The number of methoxy groups -OCH3 is 1. The van der Waals surface area contributed by atoms with E-state index in [1.807, 2.05) is 12.1 Å². The van der Waals surface area contributed by atoms with Gasteiger partial charge in [0.15, 0.2) is 0 Å². The molecule has 2 aromatic rings. The second kappa shape index (κ2) is 4.81. The lowest BCUT2D eigenvalue weighted by atomic mass is 10.1. The minimum atomic E-state index is 0.578. The summed E-state index contributed by atoms with van der Waals surface area (Å²) in [5.74, 6) is 1.48. The summed E-state index contributed by atoms with van der Waals surface area (Å²) in [6.45, 7) is 0. The molecule has 2 nitrogen and oxygen atoms in total. The summed E-state index contributed by atoms with van der Waals surface area (Å²) in [5.41, 5.74) is 0.846. The quantitative estimate of drug-likeness (QED) is 0.822. The van der Waals surface area contributed by atoms with Gasteiger partial charge in [0.25, 0.3) is 0 Å². The van der Waals surface area contributed by atoms with Crippen molar-refractivity contribution in [3.05, 3.63) is 51.9 Å². The minimum Gasteiger partial charge on any atom is -0.497 e. The van der Waals surface area contributed by atoms with E-state index in [1.54, 1.807) is 25.5 Å². The minimum absolute atomic E-state index is 0.578. The van der Waals surface area contributed by atoms with Crippen LogP contribution in [0.2, 0.25) is 10.0 Å². The molecule has 0 bridgehead atoms. The average Bonchev–Trinajstić information content (AvgIpc) is 2.75. The Balaban J connectivity index is 2.34. The number of hydrogen-bond acceptors (Lipinski definition) is 2. The van der Waals surface area contributed by atoms with Crippen molar-refractivity contribution in [3.8, 4) is 5.75 Å². The zero-order valence-corrected chi connectivity index (χ0v) is 10.2. The first-order valence-electron chi connectivity index (χ1n) is 4.75. The van der Waals surface area contributed by atoms with Crippen molar-refractivity contribution < 1.29 is 9.15 Å². The summed E-state index contributed by atoms with van der Waals surface area (Å²) >= 11 is 12.2. The van der Waals surface area contributed by atoms with Crippen LogP contribution in [-0.2, 0) is 6.42 Å². The van der Waals surface area contributed by atoms with Crippen LogP contribution >= 0.6 is 23.2 Å². The molecule has 0 spiro atoms. The second-order valence-corrected chi connectivity index (χ2v) is 4.14. The highest BCUT2D eigenvalue weighted by atomic mass is 35.5. The fourth-order valence-electron chi connectivity index (χ4n) is 1.45.